The van der Waals surface area contributed by atoms with E-state index in [1.165, 1.54) is 30.4 Å². The van der Waals surface area contributed by atoms with Crippen molar-refractivity contribution < 1.29 is 18.9 Å². The Morgan fingerprint density at radius 2 is 1.96 bits per heavy atom. The molecule has 3 aromatic rings. The molecule has 1 aromatic heterocycles. The monoisotopic (exact) mass is 351 g/mol. The van der Waals surface area contributed by atoms with Crippen LogP contribution in [0.2, 0.25) is 0 Å². The number of nitrogens with zero attached hydrogens (tertiary/aromatic N) is 3. The zero-order valence-electron chi connectivity index (χ0n) is 13.4. The molecule has 3 rings (SSSR count). The standard InChI is InChI=1S/C18H13N3O5/c22-17(10-9-13-5-4-8-15(11-13)21(23)24)25-12-16-19-20-18(26-16)14-6-2-1-3-7-14/h1-11H,12H2/b10-9+. The lowest BCUT2D eigenvalue weighted by Crippen LogP contribution is -2.01. The highest BCUT2D eigenvalue weighted by atomic mass is 16.6. The molecule has 0 aliphatic heterocycles. The van der Waals surface area contributed by atoms with Crippen molar-refractivity contribution in [1.82, 2.24) is 10.2 Å². The van der Waals surface area contributed by atoms with Gasteiger partial charge < -0.3 is 9.15 Å². The van der Waals surface area contributed by atoms with E-state index in [0.717, 1.165) is 5.56 Å². The van der Waals surface area contributed by atoms with Gasteiger partial charge >= 0.3 is 5.97 Å². The molecular weight excluding hydrogens is 338 g/mol. The van der Waals surface area contributed by atoms with Crippen LogP contribution in [-0.4, -0.2) is 21.1 Å². The summed E-state index contributed by atoms with van der Waals surface area (Å²) in [6.45, 7) is -0.169. The molecule has 1 heterocycles. The second-order valence-corrected chi connectivity index (χ2v) is 5.16. The van der Waals surface area contributed by atoms with Gasteiger partial charge in [0, 0.05) is 23.8 Å². The van der Waals surface area contributed by atoms with Crippen molar-refractivity contribution in [3.63, 3.8) is 0 Å². The van der Waals surface area contributed by atoms with Gasteiger partial charge in [-0.25, -0.2) is 4.79 Å². The molecule has 8 heteroatoms. The summed E-state index contributed by atoms with van der Waals surface area (Å²) in [5.41, 5.74) is 1.23. The number of nitro groups is 1. The van der Waals surface area contributed by atoms with Gasteiger partial charge in [0.25, 0.3) is 11.6 Å². The summed E-state index contributed by atoms with van der Waals surface area (Å²) in [6, 6.07) is 15.1. The van der Waals surface area contributed by atoms with Gasteiger partial charge in [-0.15, -0.1) is 10.2 Å². The predicted molar refractivity (Wildman–Crippen MR) is 91.7 cm³/mol. The Morgan fingerprint density at radius 1 is 1.15 bits per heavy atom. The molecule has 26 heavy (non-hydrogen) atoms. The third-order valence-electron chi connectivity index (χ3n) is 3.32. The fraction of sp³-hybridized carbons (Fsp3) is 0.0556. The molecule has 130 valence electrons. The molecule has 0 unspecified atom stereocenters. The van der Waals surface area contributed by atoms with E-state index >= 15 is 0 Å². The number of aromatic nitrogens is 2. The Kier molecular flexibility index (Phi) is 5.14. The van der Waals surface area contributed by atoms with E-state index in [4.69, 9.17) is 9.15 Å². The summed E-state index contributed by atoms with van der Waals surface area (Å²) in [4.78, 5) is 22.0. The Morgan fingerprint density at radius 3 is 2.73 bits per heavy atom. The first kappa shape index (κ1) is 17.0. The number of carbonyl (C=O) groups is 1. The maximum atomic E-state index is 11.8. The Labute approximate surface area is 147 Å². The second-order valence-electron chi connectivity index (χ2n) is 5.16. The van der Waals surface area contributed by atoms with Gasteiger partial charge in [-0.2, -0.15) is 0 Å². The molecule has 0 amide bonds. The molecule has 0 aliphatic rings. The number of hydrogen-bond donors (Lipinski definition) is 0. The minimum absolute atomic E-state index is 0.0557. The third kappa shape index (κ3) is 4.38. The van der Waals surface area contributed by atoms with Crippen molar-refractivity contribution in [3.05, 3.63) is 82.2 Å². The first-order chi connectivity index (χ1) is 12.6. The molecule has 2 aromatic carbocycles. The first-order valence-electron chi connectivity index (χ1n) is 7.59. The summed E-state index contributed by atoms with van der Waals surface area (Å²) >= 11 is 0. The van der Waals surface area contributed by atoms with Crippen LogP contribution in [0.5, 0.6) is 0 Å². The van der Waals surface area contributed by atoms with Crippen LogP contribution in [0, 0.1) is 10.1 Å². The van der Waals surface area contributed by atoms with Crippen LogP contribution in [0.4, 0.5) is 5.69 Å². The van der Waals surface area contributed by atoms with Gasteiger partial charge in [-0.3, -0.25) is 10.1 Å². The van der Waals surface area contributed by atoms with Crippen LogP contribution in [0.25, 0.3) is 17.5 Å². The summed E-state index contributed by atoms with van der Waals surface area (Å²) in [6.07, 6.45) is 2.60. The topological polar surface area (TPSA) is 108 Å². The van der Waals surface area contributed by atoms with Crippen LogP contribution in [0.3, 0.4) is 0 Å². The van der Waals surface area contributed by atoms with Crippen LogP contribution in [0.15, 0.2) is 65.1 Å². The number of esters is 1. The maximum absolute atomic E-state index is 11.8. The first-order valence-corrected chi connectivity index (χ1v) is 7.59. The Hall–Kier alpha value is -3.81. The van der Waals surface area contributed by atoms with Crippen LogP contribution >= 0.6 is 0 Å². The summed E-state index contributed by atoms with van der Waals surface area (Å²) in [5.74, 6) is -0.124. The lowest BCUT2D eigenvalue weighted by molar-refractivity contribution is -0.384. The van der Waals surface area contributed by atoms with E-state index in [0.29, 0.717) is 11.5 Å². The Balaban J connectivity index is 1.57. The highest BCUT2D eigenvalue weighted by molar-refractivity contribution is 5.87. The molecule has 8 nitrogen and oxygen atoms in total. The summed E-state index contributed by atoms with van der Waals surface area (Å²) < 4.78 is 10.4. The molecule has 0 saturated heterocycles. The number of hydrogen-bond acceptors (Lipinski definition) is 7. The second kappa shape index (κ2) is 7.84. The lowest BCUT2D eigenvalue weighted by atomic mass is 10.2. The smallest absolute Gasteiger partial charge is 0.331 e. The van der Waals surface area contributed by atoms with Crippen LogP contribution in [0.1, 0.15) is 11.5 Å². The van der Waals surface area contributed by atoms with E-state index < -0.39 is 10.9 Å². The number of carbonyl (C=O) groups excluding carboxylic acids is 1. The molecule has 0 radical (unpaired) electrons. The fourth-order valence-electron chi connectivity index (χ4n) is 2.10. The summed E-state index contributed by atoms with van der Waals surface area (Å²) in [5, 5.41) is 18.4. The predicted octanol–water partition coefficient (Wildman–Crippen LogP) is 3.40. The average Bonchev–Trinajstić information content (AvgIpc) is 3.15. The quantitative estimate of drug-likeness (QED) is 0.290. The largest absolute Gasteiger partial charge is 0.452 e. The molecule has 0 fully saturated rings. The van der Waals surface area contributed by atoms with Gasteiger partial charge in [-0.1, -0.05) is 30.3 Å². The highest BCUT2D eigenvalue weighted by Gasteiger charge is 2.10. The van der Waals surface area contributed by atoms with E-state index in [9.17, 15) is 14.9 Å². The van der Waals surface area contributed by atoms with E-state index in [1.807, 2.05) is 30.3 Å². The fourth-order valence-corrected chi connectivity index (χ4v) is 2.10. The molecule has 0 aliphatic carbocycles. The van der Waals surface area contributed by atoms with Gasteiger partial charge in [0.2, 0.25) is 5.89 Å². The minimum atomic E-state index is -0.629. The number of nitro benzene ring substituents is 1. The van der Waals surface area contributed by atoms with Crippen molar-refractivity contribution in [1.29, 1.82) is 0 Å². The normalized spacial score (nSPS) is 10.8. The van der Waals surface area contributed by atoms with Crippen molar-refractivity contribution in [3.8, 4) is 11.5 Å². The molecule has 0 spiro atoms. The number of benzene rings is 2. The molecule has 0 saturated carbocycles. The van der Waals surface area contributed by atoms with E-state index in [-0.39, 0.29) is 18.2 Å². The van der Waals surface area contributed by atoms with Gasteiger partial charge in [0.15, 0.2) is 6.61 Å². The zero-order valence-corrected chi connectivity index (χ0v) is 13.4. The van der Waals surface area contributed by atoms with Gasteiger partial charge in [-0.05, 0) is 23.8 Å². The lowest BCUT2D eigenvalue weighted by Gasteiger charge is -1.98. The zero-order chi connectivity index (χ0) is 18.4. The molecule has 0 N–H and O–H groups in total. The number of non-ortho nitro benzene ring substituents is 1. The van der Waals surface area contributed by atoms with Crippen molar-refractivity contribution in [2.75, 3.05) is 0 Å². The maximum Gasteiger partial charge on any atom is 0.331 e. The van der Waals surface area contributed by atoms with E-state index in [1.54, 1.807) is 6.07 Å². The molecule has 0 bridgehead atoms. The molecule has 0 atom stereocenters. The van der Waals surface area contributed by atoms with Gasteiger partial charge in [0.1, 0.15) is 0 Å². The minimum Gasteiger partial charge on any atom is -0.452 e. The van der Waals surface area contributed by atoms with Crippen molar-refractivity contribution >= 4 is 17.7 Å². The van der Waals surface area contributed by atoms with Gasteiger partial charge in [0.05, 0.1) is 4.92 Å². The van der Waals surface area contributed by atoms with Crippen molar-refractivity contribution in [2.45, 2.75) is 6.61 Å². The number of rotatable bonds is 6. The average molecular weight is 351 g/mol. The summed E-state index contributed by atoms with van der Waals surface area (Å²) in [7, 11) is 0. The van der Waals surface area contributed by atoms with Crippen LogP contribution in [-0.2, 0) is 16.1 Å². The van der Waals surface area contributed by atoms with Crippen molar-refractivity contribution in [2.24, 2.45) is 0 Å². The number of ether oxygens (including phenoxy) is 1. The third-order valence-corrected chi connectivity index (χ3v) is 3.32. The molecular formula is C18H13N3O5. The van der Waals surface area contributed by atoms with E-state index in [2.05, 4.69) is 10.2 Å². The Bertz CT molecular complexity index is 950. The highest BCUT2D eigenvalue weighted by Crippen LogP contribution is 2.17. The SMILES string of the molecule is O=C(/C=C/c1cccc([N+](=O)[O-])c1)OCc1nnc(-c2ccccc2)o1. The van der Waals surface area contributed by atoms with Crippen LogP contribution < -0.4 is 0 Å².